The molecule has 0 bridgehead atoms. The molecule has 0 N–H and O–H groups in total. The molecule has 0 amide bonds. The maximum Gasteiger partial charge on any atom is 2.00 e. The monoisotopic (exact) mass is 510 g/mol. The Morgan fingerprint density at radius 1 is 0.800 bits per heavy atom. The van der Waals surface area contributed by atoms with Crippen LogP contribution in [0.1, 0.15) is 28.2 Å². The van der Waals surface area contributed by atoms with Crippen molar-refractivity contribution >= 4 is 0 Å². The molecule has 0 aliphatic heterocycles. The van der Waals surface area contributed by atoms with Gasteiger partial charge in [-0.1, -0.05) is 78.9 Å². The van der Waals surface area contributed by atoms with Crippen LogP contribution in [-0.4, -0.2) is 7.11 Å². The van der Waals surface area contributed by atoms with Crippen LogP contribution in [0.2, 0.25) is 0 Å². The molecule has 4 heteroatoms. The molecular weight excluding hydrogens is 490 g/mol. The zero-order valence-corrected chi connectivity index (χ0v) is 20.7. The summed E-state index contributed by atoms with van der Waals surface area (Å²) in [6.45, 7) is 0. The molecule has 0 saturated heterocycles. The van der Waals surface area contributed by atoms with Gasteiger partial charge in [0.05, 0.1) is 7.11 Å². The van der Waals surface area contributed by atoms with Gasteiger partial charge < -0.3 is 29.6 Å². The van der Waals surface area contributed by atoms with E-state index >= 15 is 0 Å². The fourth-order valence-corrected chi connectivity index (χ4v) is 4.56. The van der Waals surface area contributed by atoms with Crippen molar-refractivity contribution in [2.24, 2.45) is 5.92 Å². The third-order valence-electron chi connectivity index (χ3n) is 5.86. The fraction of sp³-hybridized carbons (Fsp3) is 0.154. The molecule has 150 valence electrons. The van der Waals surface area contributed by atoms with Gasteiger partial charge in [0, 0.05) is 11.8 Å². The van der Waals surface area contributed by atoms with Gasteiger partial charge >= 0.3 is 26.2 Å². The SMILES string of the molecule is COc1ccc(C(c2cccc3c2Cc2ccccc2-3)C2C=CC=C2)cc1.[Cl-].[Cl-].[Zr+2]. The number of allylic oxidation sites excluding steroid dienone is 4. The van der Waals surface area contributed by atoms with Crippen LogP contribution < -0.4 is 29.6 Å². The van der Waals surface area contributed by atoms with Crippen molar-refractivity contribution in [3.8, 4) is 16.9 Å². The van der Waals surface area contributed by atoms with Gasteiger partial charge in [0.15, 0.2) is 0 Å². The summed E-state index contributed by atoms with van der Waals surface area (Å²) < 4.78 is 5.37. The van der Waals surface area contributed by atoms with Crippen LogP contribution in [0.4, 0.5) is 0 Å². The van der Waals surface area contributed by atoms with Crippen LogP contribution in [0.5, 0.6) is 5.75 Å². The number of halogens is 2. The predicted molar refractivity (Wildman–Crippen MR) is 111 cm³/mol. The van der Waals surface area contributed by atoms with Crippen molar-refractivity contribution < 1.29 is 55.8 Å². The van der Waals surface area contributed by atoms with E-state index in [4.69, 9.17) is 4.74 Å². The Morgan fingerprint density at radius 3 is 2.17 bits per heavy atom. The molecule has 3 aromatic rings. The van der Waals surface area contributed by atoms with E-state index in [1.165, 1.54) is 33.4 Å². The van der Waals surface area contributed by atoms with Crippen LogP contribution in [-0.2, 0) is 32.6 Å². The first kappa shape index (κ1) is 24.7. The molecule has 0 aromatic heterocycles. The molecule has 0 spiro atoms. The zero-order valence-electron chi connectivity index (χ0n) is 16.7. The molecule has 1 unspecified atom stereocenters. The van der Waals surface area contributed by atoms with Crippen LogP contribution in [0.15, 0.2) is 91.0 Å². The molecule has 0 saturated carbocycles. The topological polar surface area (TPSA) is 9.23 Å². The Morgan fingerprint density at radius 2 is 1.47 bits per heavy atom. The standard InChI is InChI=1S/C26H22O.2ClH.Zr/c1-27-21-15-13-19(14-16-21)26(18-7-2-3-8-18)24-12-6-11-23-22-10-5-4-9-20(22)17-25(23)24;;;/h2-16,18,26H,17H2,1H3;2*1H;/q;;;+2/p-2. The van der Waals surface area contributed by atoms with Gasteiger partial charge in [-0.15, -0.1) is 0 Å². The summed E-state index contributed by atoms with van der Waals surface area (Å²) in [7, 11) is 1.72. The van der Waals surface area contributed by atoms with Crippen LogP contribution in [0, 0.1) is 5.92 Å². The molecule has 0 fully saturated rings. The zero-order chi connectivity index (χ0) is 18.2. The Hall–Kier alpha value is -1.60. The number of rotatable bonds is 4. The molecule has 5 rings (SSSR count). The van der Waals surface area contributed by atoms with Gasteiger partial charge in [-0.3, -0.25) is 0 Å². The van der Waals surface area contributed by atoms with Gasteiger partial charge in [0.2, 0.25) is 0 Å². The summed E-state index contributed by atoms with van der Waals surface area (Å²) in [5, 5.41) is 0. The van der Waals surface area contributed by atoms with E-state index in [9.17, 15) is 0 Å². The summed E-state index contributed by atoms with van der Waals surface area (Å²) in [5.74, 6) is 1.60. The fourth-order valence-electron chi connectivity index (χ4n) is 4.56. The summed E-state index contributed by atoms with van der Waals surface area (Å²) in [4.78, 5) is 0. The number of ether oxygens (including phenoxy) is 1. The van der Waals surface area contributed by atoms with Crippen molar-refractivity contribution in [2.75, 3.05) is 7.11 Å². The quantitative estimate of drug-likeness (QED) is 0.378. The normalized spacial score (nSPS) is 14.0. The number of hydrogen-bond donors (Lipinski definition) is 0. The van der Waals surface area contributed by atoms with E-state index < -0.39 is 0 Å². The first-order valence-electron chi connectivity index (χ1n) is 9.54. The second-order valence-electron chi connectivity index (χ2n) is 7.31. The first-order valence-corrected chi connectivity index (χ1v) is 9.54. The molecule has 3 aromatic carbocycles. The van der Waals surface area contributed by atoms with Gasteiger partial charge in [0.25, 0.3) is 0 Å². The van der Waals surface area contributed by atoms with Crippen LogP contribution in [0.3, 0.4) is 0 Å². The van der Waals surface area contributed by atoms with Gasteiger partial charge in [-0.2, -0.15) is 0 Å². The molecular formula is C26H22Cl2OZr. The minimum Gasteiger partial charge on any atom is -1.00 e. The number of hydrogen-bond acceptors (Lipinski definition) is 1. The van der Waals surface area contributed by atoms with Gasteiger partial charge in [-0.25, -0.2) is 0 Å². The second kappa shape index (κ2) is 10.6. The molecule has 30 heavy (non-hydrogen) atoms. The largest absolute Gasteiger partial charge is 2.00 e. The Kier molecular flexibility index (Phi) is 8.74. The van der Waals surface area contributed by atoms with Gasteiger partial charge in [-0.05, 0) is 51.9 Å². The Labute approximate surface area is 210 Å². The third kappa shape index (κ3) is 4.38. The van der Waals surface area contributed by atoms with Crippen molar-refractivity contribution in [3.05, 3.63) is 113 Å². The average molecular weight is 513 g/mol. The number of fused-ring (bicyclic) bond motifs is 3. The van der Waals surface area contributed by atoms with E-state index in [-0.39, 0.29) is 51.0 Å². The van der Waals surface area contributed by atoms with Crippen molar-refractivity contribution in [1.82, 2.24) is 0 Å². The molecule has 2 aliphatic carbocycles. The third-order valence-corrected chi connectivity index (χ3v) is 5.86. The van der Waals surface area contributed by atoms with Crippen LogP contribution >= 0.6 is 0 Å². The Balaban J connectivity index is 0.00000107. The molecule has 0 heterocycles. The average Bonchev–Trinajstić information content (AvgIpc) is 3.37. The van der Waals surface area contributed by atoms with E-state index in [1.807, 2.05) is 0 Å². The molecule has 1 nitrogen and oxygen atoms in total. The Bertz CT molecular complexity index is 1040. The summed E-state index contributed by atoms with van der Waals surface area (Å²) >= 11 is 0. The maximum absolute atomic E-state index is 5.37. The van der Waals surface area contributed by atoms with Crippen molar-refractivity contribution in [2.45, 2.75) is 12.3 Å². The predicted octanol–water partition coefficient (Wildman–Crippen LogP) is 0.146. The van der Waals surface area contributed by atoms with Crippen molar-refractivity contribution in [1.29, 1.82) is 0 Å². The van der Waals surface area contributed by atoms with Crippen LogP contribution in [0.25, 0.3) is 11.1 Å². The maximum atomic E-state index is 5.37. The smallest absolute Gasteiger partial charge is 1.00 e. The molecule has 1 atom stereocenters. The molecule has 2 aliphatic rings. The summed E-state index contributed by atoms with van der Waals surface area (Å²) in [6, 6.07) is 24.2. The first-order chi connectivity index (χ1) is 13.3. The summed E-state index contributed by atoms with van der Waals surface area (Å²) in [6.07, 6.45) is 9.99. The van der Waals surface area contributed by atoms with E-state index in [1.54, 1.807) is 7.11 Å². The van der Waals surface area contributed by atoms with Gasteiger partial charge in [0.1, 0.15) is 5.75 Å². The molecule has 0 radical (unpaired) electrons. The summed E-state index contributed by atoms with van der Waals surface area (Å²) in [5.41, 5.74) is 8.48. The number of benzene rings is 3. The van der Waals surface area contributed by atoms with E-state index in [0.29, 0.717) is 11.8 Å². The second-order valence-corrected chi connectivity index (χ2v) is 7.31. The number of methoxy groups -OCH3 is 1. The van der Waals surface area contributed by atoms with Crippen molar-refractivity contribution in [3.63, 3.8) is 0 Å². The minimum atomic E-state index is 0. The van der Waals surface area contributed by atoms with E-state index in [2.05, 4.69) is 91.0 Å². The van der Waals surface area contributed by atoms with E-state index in [0.717, 1.165) is 12.2 Å². The minimum absolute atomic E-state index is 0.